The lowest BCUT2D eigenvalue weighted by molar-refractivity contribution is -0.139. The Morgan fingerprint density at radius 3 is 2.42 bits per heavy atom. The van der Waals surface area contributed by atoms with Crippen LogP contribution in [0.15, 0.2) is 24.3 Å². The summed E-state index contributed by atoms with van der Waals surface area (Å²) in [6.07, 6.45) is 4.53. The van der Waals surface area contributed by atoms with Gasteiger partial charge in [-0.3, -0.25) is 4.79 Å². The zero-order valence-electron chi connectivity index (χ0n) is 11.6. The Balaban J connectivity index is 1.96. The van der Waals surface area contributed by atoms with Crippen molar-refractivity contribution in [1.29, 1.82) is 0 Å². The van der Waals surface area contributed by atoms with Gasteiger partial charge in [0.25, 0.3) is 0 Å². The van der Waals surface area contributed by atoms with Crippen molar-refractivity contribution in [2.45, 2.75) is 38.5 Å². The van der Waals surface area contributed by atoms with E-state index in [0.29, 0.717) is 6.42 Å². The van der Waals surface area contributed by atoms with Gasteiger partial charge in [0.05, 0.1) is 5.92 Å². The van der Waals surface area contributed by atoms with Crippen molar-refractivity contribution in [3.05, 3.63) is 35.4 Å². The highest BCUT2D eigenvalue weighted by Gasteiger charge is 2.21. The number of aliphatic carboxylic acids is 1. The van der Waals surface area contributed by atoms with E-state index in [9.17, 15) is 9.90 Å². The van der Waals surface area contributed by atoms with E-state index in [1.807, 2.05) is 31.2 Å². The third-order valence-corrected chi connectivity index (χ3v) is 3.96. The molecular weight excluding hydrogens is 238 g/mol. The molecule has 1 aromatic rings. The third kappa shape index (κ3) is 4.06. The van der Waals surface area contributed by atoms with Crippen molar-refractivity contribution in [1.82, 2.24) is 4.90 Å². The van der Waals surface area contributed by atoms with Gasteiger partial charge in [-0.1, -0.05) is 36.2 Å². The Morgan fingerprint density at radius 2 is 1.84 bits per heavy atom. The molecule has 0 spiro atoms. The SMILES string of the molecule is Cc1ccc(C(CCN2CCCCC2)C(=O)O)cc1. The summed E-state index contributed by atoms with van der Waals surface area (Å²) >= 11 is 0. The van der Waals surface area contributed by atoms with Crippen LogP contribution in [0.5, 0.6) is 0 Å². The number of benzene rings is 1. The van der Waals surface area contributed by atoms with Crippen LogP contribution in [0, 0.1) is 6.92 Å². The topological polar surface area (TPSA) is 40.5 Å². The van der Waals surface area contributed by atoms with Crippen LogP contribution in [0.25, 0.3) is 0 Å². The van der Waals surface area contributed by atoms with Gasteiger partial charge >= 0.3 is 5.97 Å². The van der Waals surface area contributed by atoms with Gasteiger partial charge in [0.15, 0.2) is 0 Å². The first kappa shape index (κ1) is 14.1. The predicted molar refractivity (Wildman–Crippen MR) is 76.5 cm³/mol. The van der Waals surface area contributed by atoms with Crippen LogP contribution < -0.4 is 0 Å². The van der Waals surface area contributed by atoms with Crippen molar-refractivity contribution in [3.63, 3.8) is 0 Å². The number of rotatable bonds is 5. The number of hydrogen-bond donors (Lipinski definition) is 1. The monoisotopic (exact) mass is 261 g/mol. The summed E-state index contributed by atoms with van der Waals surface area (Å²) in [5.41, 5.74) is 2.10. The molecule has 1 unspecified atom stereocenters. The lowest BCUT2D eigenvalue weighted by Crippen LogP contribution is -2.32. The van der Waals surface area contributed by atoms with Gasteiger partial charge in [-0.15, -0.1) is 0 Å². The molecule has 1 heterocycles. The largest absolute Gasteiger partial charge is 0.481 e. The Kier molecular flexibility index (Phi) is 4.97. The quantitative estimate of drug-likeness (QED) is 0.885. The fourth-order valence-electron chi connectivity index (χ4n) is 2.73. The van der Waals surface area contributed by atoms with Gasteiger partial charge in [0.2, 0.25) is 0 Å². The van der Waals surface area contributed by atoms with Crippen LogP contribution in [0.4, 0.5) is 0 Å². The average Bonchev–Trinajstić information content (AvgIpc) is 2.42. The molecule has 1 N–H and O–H groups in total. The molecule has 0 aliphatic carbocycles. The predicted octanol–water partition coefficient (Wildman–Crippen LogP) is 3.04. The molecule has 2 rings (SSSR count). The molecule has 1 aromatic carbocycles. The van der Waals surface area contributed by atoms with Gasteiger partial charge in [-0.05, 0) is 51.4 Å². The minimum atomic E-state index is -0.708. The van der Waals surface area contributed by atoms with E-state index in [0.717, 1.165) is 25.2 Å². The Morgan fingerprint density at radius 1 is 1.21 bits per heavy atom. The summed E-state index contributed by atoms with van der Waals surface area (Å²) in [5.74, 6) is -1.08. The highest BCUT2D eigenvalue weighted by Crippen LogP contribution is 2.22. The van der Waals surface area contributed by atoms with E-state index < -0.39 is 5.97 Å². The van der Waals surface area contributed by atoms with Gasteiger partial charge in [-0.2, -0.15) is 0 Å². The molecule has 0 amide bonds. The first-order valence-corrected chi connectivity index (χ1v) is 7.18. The lowest BCUT2D eigenvalue weighted by Gasteiger charge is -2.27. The zero-order chi connectivity index (χ0) is 13.7. The van der Waals surface area contributed by atoms with Crippen molar-refractivity contribution >= 4 is 5.97 Å². The molecule has 3 heteroatoms. The van der Waals surface area contributed by atoms with Crippen LogP contribution in [-0.4, -0.2) is 35.6 Å². The molecule has 19 heavy (non-hydrogen) atoms. The number of carbonyl (C=O) groups is 1. The highest BCUT2D eigenvalue weighted by molar-refractivity contribution is 5.76. The molecule has 0 aromatic heterocycles. The Labute approximate surface area is 115 Å². The van der Waals surface area contributed by atoms with Crippen LogP contribution in [-0.2, 0) is 4.79 Å². The second-order valence-corrected chi connectivity index (χ2v) is 5.49. The van der Waals surface area contributed by atoms with Gasteiger partial charge in [-0.25, -0.2) is 0 Å². The molecule has 1 atom stereocenters. The molecule has 0 radical (unpaired) electrons. The molecule has 1 aliphatic heterocycles. The summed E-state index contributed by atoms with van der Waals surface area (Å²) in [7, 11) is 0. The van der Waals surface area contributed by atoms with Gasteiger partial charge in [0, 0.05) is 0 Å². The lowest BCUT2D eigenvalue weighted by atomic mass is 9.94. The minimum Gasteiger partial charge on any atom is -0.481 e. The summed E-state index contributed by atoms with van der Waals surface area (Å²) in [4.78, 5) is 13.8. The van der Waals surface area contributed by atoms with Crippen molar-refractivity contribution < 1.29 is 9.90 Å². The maximum atomic E-state index is 11.4. The first-order valence-electron chi connectivity index (χ1n) is 7.18. The van der Waals surface area contributed by atoms with Gasteiger partial charge < -0.3 is 10.0 Å². The van der Waals surface area contributed by atoms with Gasteiger partial charge in [0.1, 0.15) is 0 Å². The zero-order valence-corrected chi connectivity index (χ0v) is 11.6. The molecule has 104 valence electrons. The first-order chi connectivity index (χ1) is 9.16. The normalized spacial score (nSPS) is 18.2. The second kappa shape index (κ2) is 6.71. The number of nitrogens with zero attached hydrogens (tertiary/aromatic N) is 1. The van der Waals surface area contributed by atoms with Crippen molar-refractivity contribution in [3.8, 4) is 0 Å². The number of hydrogen-bond acceptors (Lipinski definition) is 2. The maximum Gasteiger partial charge on any atom is 0.311 e. The molecule has 1 saturated heterocycles. The number of carboxylic acids is 1. The third-order valence-electron chi connectivity index (χ3n) is 3.96. The van der Waals surface area contributed by atoms with Crippen LogP contribution in [0.1, 0.15) is 42.7 Å². The summed E-state index contributed by atoms with van der Waals surface area (Å²) < 4.78 is 0. The fourth-order valence-corrected chi connectivity index (χ4v) is 2.73. The number of piperidine rings is 1. The molecular formula is C16H23NO2. The fraction of sp³-hybridized carbons (Fsp3) is 0.562. The standard InChI is InChI=1S/C16H23NO2/c1-13-5-7-14(8-6-13)15(16(18)19)9-12-17-10-3-2-4-11-17/h5-8,15H,2-4,9-12H2,1H3,(H,18,19). The molecule has 0 saturated carbocycles. The van der Waals surface area contributed by atoms with Crippen LogP contribution in [0.2, 0.25) is 0 Å². The molecule has 3 nitrogen and oxygen atoms in total. The van der Waals surface area contributed by atoms with E-state index in [1.54, 1.807) is 0 Å². The van der Waals surface area contributed by atoms with E-state index in [-0.39, 0.29) is 5.92 Å². The average molecular weight is 261 g/mol. The minimum absolute atomic E-state index is 0.373. The summed E-state index contributed by atoms with van der Waals surface area (Å²) in [5, 5.41) is 9.41. The summed E-state index contributed by atoms with van der Waals surface area (Å²) in [6, 6.07) is 7.88. The van der Waals surface area contributed by atoms with E-state index in [4.69, 9.17) is 0 Å². The maximum absolute atomic E-state index is 11.4. The molecule has 0 bridgehead atoms. The van der Waals surface area contributed by atoms with E-state index in [2.05, 4.69) is 4.90 Å². The summed E-state index contributed by atoms with van der Waals surface area (Å²) in [6.45, 7) is 5.17. The Bertz CT molecular complexity index is 407. The van der Waals surface area contributed by atoms with Crippen LogP contribution >= 0.6 is 0 Å². The molecule has 1 fully saturated rings. The van der Waals surface area contributed by atoms with Crippen molar-refractivity contribution in [2.24, 2.45) is 0 Å². The number of aryl methyl sites for hydroxylation is 1. The second-order valence-electron chi connectivity index (χ2n) is 5.49. The molecule has 1 aliphatic rings. The number of carboxylic acid groups (broad SMARTS) is 1. The van der Waals surface area contributed by atoms with Crippen LogP contribution in [0.3, 0.4) is 0 Å². The smallest absolute Gasteiger partial charge is 0.311 e. The Hall–Kier alpha value is -1.35. The van der Waals surface area contributed by atoms with Crippen molar-refractivity contribution in [2.75, 3.05) is 19.6 Å². The van der Waals surface area contributed by atoms with E-state index >= 15 is 0 Å². The van der Waals surface area contributed by atoms with E-state index in [1.165, 1.54) is 24.8 Å². The highest BCUT2D eigenvalue weighted by atomic mass is 16.4. The number of likely N-dealkylation sites (tertiary alicyclic amines) is 1.